The monoisotopic (exact) mass is 273 g/mol. The number of carbonyl (C=O) groups excluding carboxylic acids is 1. The average molecular weight is 273 g/mol. The van der Waals surface area contributed by atoms with E-state index in [9.17, 15) is 4.79 Å². The summed E-state index contributed by atoms with van der Waals surface area (Å²) in [5.74, 6) is 1.43. The van der Waals surface area contributed by atoms with E-state index in [4.69, 9.17) is 9.15 Å². The van der Waals surface area contributed by atoms with Gasteiger partial charge in [0.05, 0.1) is 12.8 Å². The lowest BCUT2D eigenvalue weighted by Crippen LogP contribution is -2.30. The molecule has 0 saturated carbocycles. The van der Waals surface area contributed by atoms with E-state index in [1.807, 2.05) is 38.1 Å². The lowest BCUT2D eigenvalue weighted by Gasteiger charge is -2.17. The molecule has 0 bridgehead atoms. The summed E-state index contributed by atoms with van der Waals surface area (Å²) in [4.78, 5) is 13.6. The van der Waals surface area contributed by atoms with Gasteiger partial charge in [-0.15, -0.1) is 0 Å². The third-order valence-electron chi connectivity index (χ3n) is 3.09. The highest BCUT2D eigenvalue weighted by Crippen LogP contribution is 2.19. The first kappa shape index (κ1) is 14.2. The van der Waals surface area contributed by atoms with E-state index in [0.29, 0.717) is 6.54 Å². The summed E-state index contributed by atoms with van der Waals surface area (Å²) >= 11 is 0. The summed E-state index contributed by atoms with van der Waals surface area (Å²) in [5, 5.41) is 0. The molecule has 0 radical (unpaired) electrons. The van der Waals surface area contributed by atoms with Gasteiger partial charge >= 0.3 is 0 Å². The number of hydrogen-bond donors (Lipinski definition) is 0. The Morgan fingerprint density at radius 1 is 1.30 bits per heavy atom. The van der Waals surface area contributed by atoms with Gasteiger partial charge < -0.3 is 14.1 Å². The van der Waals surface area contributed by atoms with Crippen molar-refractivity contribution in [2.45, 2.75) is 20.4 Å². The number of aryl methyl sites for hydroxylation is 2. The summed E-state index contributed by atoms with van der Waals surface area (Å²) in [6, 6.07) is 9.60. The van der Waals surface area contributed by atoms with Crippen LogP contribution < -0.4 is 4.74 Å². The largest absolute Gasteiger partial charge is 0.483 e. The molecular weight excluding hydrogens is 254 g/mol. The fourth-order valence-corrected chi connectivity index (χ4v) is 1.84. The highest BCUT2D eigenvalue weighted by atomic mass is 16.5. The Kier molecular flexibility index (Phi) is 4.45. The van der Waals surface area contributed by atoms with E-state index in [-0.39, 0.29) is 12.5 Å². The number of likely N-dealkylation sites (N-methyl/N-ethyl adjacent to an activating group) is 1. The Labute approximate surface area is 119 Å². The topological polar surface area (TPSA) is 42.7 Å². The van der Waals surface area contributed by atoms with Crippen molar-refractivity contribution in [3.63, 3.8) is 0 Å². The summed E-state index contributed by atoms with van der Waals surface area (Å²) in [5.41, 5.74) is 2.14. The quantitative estimate of drug-likeness (QED) is 0.841. The van der Waals surface area contributed by atoms with Gasteiger partial charge in [-0.25, -0.2) is 0 Å². The van der Waals surface area contributed by atoms with Crippen LogP contribution in [0.3, 0.4) is 0 Å². The minimum atomic E-state index is -0.0812. The molecule has 2 rings (SSSR count). The van der Waals surface area contributed by atoms with Crippen LogP contribution in [0.4, 0.5) is 0 Å². The van der Waals surface area contributed by atoms with Gasteiger partial charge in [-0.2, -0.15) is 0 Å². The Balaban J connectivity index is 1.89. The third-order valence-corrected chi connectivity index (χ3v) is 3.09. The predicted octanol–water partition coefficient (Wildman–Crippen LogP) is 2.93. The van der Waals surface area contributed by atoms with Gasteiger partial charge in [0.1, 0.15) is 11.5 Å². The van der Waals surface area contributed by atoms with Crippen LogP contribution in [0, 0.1) is 13.8 Å². The first-order chi connectivity index (χ1) is 9.56. The maximum absolute atomic E-state index is 12.0. The number of benzene rings is 1. The number of carbonyl (C=O) groups is 1. The second kappa shape index (κ2) is 6.28. The molecule has 0 atom stereocenters. The minimum absolute atomic E-state index is 0.0293. The maximum Gasteiger partial charge on any atom is 0.260 e. The van der Waals surface area contributed by atoms with Crippen molar-refractivity contribution in [1.29, 1.82) is 0 Å². The summed E-state index contributed by atoms with van der Waals surface area (Å²) in [6.45, 7) is 4.44. The van der Waals surface area contributed by atoms with Crippen LogP contribution in [0.5, 0.6) is 5.75 Å². The number of rotatable bonds is 5. The van der Waals surface area contributed by atoms with Crippen LogP contribution in [0.2, 0.25) is 0 Å². The molecule has 0 unspecified atom stereocenters. The molecule has 1 aromatic heterocycles. The Hall–Kier alpha value is -2.23. The smallest absolute Gasteiger partial charge is 0.260 e. The fourth-order valence-electron chi connectivity index (χ4n) is 1.84. The number of ether oxygens (including phenoxy) is 1. The Bertz CT molecular complexity index is 575. The Morgan fingerprint density at radius 2 is 2.10 bits per heavy atom. The normalized spacial score (nSPS) is 10.3. The third kappa shape index (κ3) is 3.63. The lowest BCUT2D eigenvalue weighted by atomic mass is 10.1. The van der Waals surface area contributed by atoms with Crippen molar-refractivity contribution in [3.05, 3.63) is 53.5 Å². The molecule has 0 N–H and O–H groups in total. The summed E-state index contributed by atoms with van der Waals surface area (Å²) in [7, 11) is 1.73. The molecule has 4 nitrogen and oxygen atoms in total. The molecule has 20 heavy (non-hydrogen) atoms. The number of furan rings is 1. The molecule has 0 saturated heterocycles. The molecule has 0 spiro atoms. The van der Waals surface area contributed by atoms with E-state index in [2.05, 4.69) is 0 Å². The fraction of sp³-hybridized carbons (Fsp3) is 0.312. The van der Waals surface area contributed by atoms with Crippen LogP contribution in [-0.4, -0.2) is 24.5 Å². The molecule has 2 aromatic rings. The average Bonchev–Trinajstić information content (AvgIpc) is 2.92. The van der Waals surface area contributed by atoms with Crippen LogP contribution in [-0.2, 0) is 11.3 Å². The summed E-state index contributed by atoms with van der Waals surface area (Å²) < 4.78 is 10.8. The lowest BCUT2D eigenvalue weighted by molar-refractivity contribution is -0.132. The van der Waals surface area contributed by atoms with E-state index < -0.39 is 0 Å². The van der Waals surface area contributed by atoms with Crippen LogP contribution in [0.1, 0.15) is 16.9 Å². The standard InChI is InChI=1S/C16H19NO3/c1-12-6-7-13(2)15(9-12)20-11-16(18)17(3)10-14-5-4-8-19-14/h4-9H,10-11H2,1-3H3. The van der Waals surface area contributed by atoms with Crippen LogP contribution in [0.15, 0.2) is 41.0 Å². The highest BCUT2D eigenvalue weighted by molar-refractivity contribution is 5.77. The van der Waals surface area contributed by atoms with Gasteiger partial charge in [0.25, 0.3) is 5.91 Å². The Morgan fingerprint density at radius 3 is 2.80 bits per heavy atom. The van der Waals surface area contributed by atoms with Crippen LogP contribution >= 0.6 is 0 Å². The highest BCUT2D eigenvalue weighted by Gasteiger charge is 2.12. The zero-order valence-corrected chi connectivity index (χ0v) is 12.1. The number of amides is 1. The maximum atomic E-state index is 12.0. The molecule has 1 amide bonds. The van der Waals surface area contributed by atoms with Crippen molar-refractivity contribution in [1.82, 2.24) is 4.90 Å². The molecule has 0 aliphatic rings. The van der Waals surface area contributed by atoms with Crippen molar-refractivity contribution >= 4 is 5.91 Å². The second-order valence-electron chi connectivity index (χ2n) is 4.89. The van der Waals surface area contributed by atoms with Crippen molar-refractivity contribution in [2.75, 3.05) is 13.7 Å². The molecule has 4 heteroatoms. The molecular formula is C16H19NO3. The van der Waals surface area contributed by atoms with E-state index in [1.165, 1.54) is 0 Å². The first-order valence-electron chi connectivity index (χ1n) is 6.52. The predicted molar refractivity (Wildman–Crippen MR) is 76.6 cm³/mol. The van der Waals surface area contributed by atoms with Gasteiger partial charge in [0.2, 0.25) is 0 Å². The summed E-state index contributed by atoms with van der Waals surface area (Å²) in [6.07, 6.45) is 1.60. The zero-order chi connectivity index (χ0) is 14.5. The van der Waals surface area contributed by atoms with Crippen molar-refractivity contribution < 1.29 is 13.9 Å². The molecule has 1 aromatic carbocycles. The zero-order valence-electron chi connectivity index (χ0n) is 12.1. The van der Waals surface area contributed by atoms with Gasteiger partial charge in [0.15, 0.2) is 6.61 Å². The minimum Gasteiger partial charge on any atom is -0.483 e. The van der Waals surface area contributed by atoms with Crippen molar-refractivity contribution in [3.8, 4) is 5.75 Å². The second-order valence-corrected chi connectivity index (χ2v) is 4.89. The SMILES string of the molecule is Cc1ccc(C)c(OCC(=O)N(C)Cc2ccco2)c1. The molecule has 0 fully saturated rings. The number of nitrogens with zero attached hydrogens (tertiary/aromatic N) is 1. The molecule has 106 valence electrons. The molecule has 1 heterocycles. The van der Waals surface area contributed by atoms with Gasteiger partial charge in [-0.3, -0.25) is 4.79 Å². The van der Waals surface area contributed by atoms with Crippen LogP contribution in [0.25, 0.3) is 0 Å². The van der Waals surface area contributed by atoms with Gasteiger partial charge in [0, 0.05) is 7.05 Å². The first-order valence-corrected chi connectivity index (χ1v) is 6.52. The number of hydrogen-bond acceptors (Lipinski definition) is 3. The van der Waals surface area contributed by atoms with Gasteiger partial charge in [-0.1, -0.05) is 12.1 Å². The van der Waals surface area contributed by atoms with E-state index >= 15 is 0 Å². The molecule has 0 aliphatic heterocycles. The van der Waals surface area contributed by atoms with Crippen molar-refractivity contribution in [2.24, 2.45) is 0 Å². The van der Waals surface area contributed by atoms with Gasteiger partial charge in [-0.05, 0) is 43.2 Å². The molecule has 0 aliphatic carbocycles. The van der Waals surface area contributed by atoms with E-state index in [0.717, 1.165) is 22.6 Å². The van der Waals surface area contributed by atoms with E-state index in [1.54, 1.807) is 24.3 Å².